The second-order valence-corrected chi connectivity index (χ2v) is 8.66. The van der Waals surface area contributed by atoms with Crippen LogP contribution in [0.15, 0.2) is 47.4 Å². The molecule has 0 bridgehead atoms. The highest BCUT2D eigenvalue weighted by Gasteiger charge is 2.44. The molecule has 0 heterocycles. The second-order valence-electron chi connectivity index (χ2n) is 6.40. The molecule has 0 saturated carbocycles. The van der Waals surface area contributed by atoms with Crippen molar-refractivity contribution in [2.24, 2.45) is 5.92 Å². The molecule has 0 aliphatic heterocycles. The number of hydrogen-bond acceptors (Lipinski definition) is 5. The SMILES string of the molecule is CCCC(C(=O)OCC)C(CSc1ccc2ccccc2c1)(OCC)[PH2]=O. The summed E-state index contributed by atoms with van der Waals surface area (Å²) in [5.41, 5.74) is 0. The number of rotatable bonds is 11. The molecule has 2 aromatic rings. The van der Waals surface area contributed by atoms with Gasteiger partial charge in [0.1, 0.15) is 5.34 Å². The molecule has 4 nitrogen and oxygen atoms in total. The van der Waals surface area contributed by atoms with Gasteiger partial charge in [0.15, 0.2) is 0 Å². The van der Waals surface area contributed by atoms with Crippen LogP contribution in [0.25, 0.3) is 10.8 Å². The molecule has 0 radical (unpaired) electrons. The van der Waals surface area contributed by atoms with Crippen LogP contribution in [0.2, 0.25) is 0 Å². The van der Waals surface area contributed by atoms with Crippen molar-refractivity contribution in [2.45, 2.75) is 43.9 Å². The van der Waals surface area contributed by atoms with Gasteiger partial charge in [0.2, 0.25) is 0 Å². The van der Waals surface area contributed by atoms with E-state index in [-0.39, 0.29) is 5.97 Å². The Morgan fingerprint density at radius 3 is 2.48 bits per heavy atom. The van der Waals surface area contributed by atoms with Crippen LogP contribution >= 0.6 is 20.2 Å². The molecule has 3 atom stereocenters. The Kier molecular flexibility index (Phi) is 8.88. The number of hydrogen-bond donors (Lipinski definition) is 0. The van der Waals surface area contributed by atoms with Gasteiger partial charge in [0.25, 0.3) is 0 Å². The van der Waals surface area contributed by atoms with E-state index in [1.807, 2.05) is 26.0 Å². The number of thioether (sulfide) groups is 1. The number of carbonyl (C=O) groups excluding carboxylic acids is 1. The van der Waals surface area contributed by atoms with Crippen LogP contribution in [0.5, 0.6) is 0 Å². The molecular weight excluding hydrogens is 379 g/mol. The van der Waals surface area contributed by atoms with Crippen LogP contribution in [-0.2, 0) is 18.8 Å². The summed E-state index contributed by atoms with van der Waals surface area (Å²) in [7, 11) is -1.31. The fourth-order valence-electron chi connectivity index (χ4n) is 3.21. The lowest BCUT2D eigenvalue weighted by Gasteiger charge is -2.34. The zero-order valence-corrected chi connectivity index (χ0v) is 18.2. The zero-order chi connectivity index (χ0) is 19.7. The van der Waals surface area contributed by atoms with Crippen LogP contribution < -0.4 is 0 Å². The highest BCUT2D eigenvalue weighted by molar-refractivity contribution is 7.99. The Bertz CT molecular complexity index is 767. The lowest BCUT2D eigenvalue weighted by atomic mass is 9.97. The van der Waals surface area contributed by atoms with Crippen molar-refractivity contribution >= 4 is 37.0 Å². The molecule has 0 saturated heterocycles. The molecule has 0 amide bonds. The van der Waals surface area contributed by atoms with E-state index in [2.05, 4.69) is 30.3 Å². The summed E-state index contributed by atoms with van der Waals surface area (Å²) in [6.07, 6.45) is 1.41. The van der Waals surface area contributed by atoms with Crippen LogP contribution in [0, 0.1) is 5.92 Å². The summed E-state index contributed by atoms with van der Waals surface area (Å²) in [5.74, 6) is -0.361. The van der Waals surface area contributed by atoms with Crippen LogP contribution in [0.3, 0.4) is 0 Å². The van der Waals surface area contributed by atoms with Crippen molar-refractivity contribution in [3.63, 3.8) is 0 Å². The molecule has 0 spiro atoms. The summed E-state index contributed by atoms with van der Waals surface area (Å²) < 4.78 is 23.6. The number of esters is 1. The van der Waals surface area contributed by atoms with Crippen LogP contribution in [0.4, 0.5) is 0 Å². The quantitative estimate of drug-likeness (QED) is 0.283. The van der Waals surface area contributed by atoms with Gasteiger partial charge in [-0.3, -0.25) is 4.79 Å². The number of carbonyl (C=O) groups is 1. The number of fused-ring (bicyclic) bond motifs is 1. The van der Waals surface area contributed by atoms with Gasteiger partial charge in [-0.15, -0.1) is 11.8 Å². The Balaban J connectivity index is 2.27. The fraction of sp³-hybridized carbons (Fsp3) is 0.476. The Labute approximate surface area is 167 Å². The van der Waals surface area contributed by atoms with Gasteiger partial charge in [-0.2, -0.15) is 0 Å². The van der Waals surface area contributed by atoms with E-state index in [4.69, 9.17) is 9.47 Å². The molecular formula is C21H29O4PS. The fourth-order valence-corrected chi connectivity index (χ4v) is 5.48. The summed E-state index contributed by atoms with van der Waals surface area (Å²) in [4.78, 5) is 13.6. The van der Waals surface area contributed by atoms with E-state index in [1.54, 1.807) is 18.7 Å². The first-order valence-electron chi connectivity index (χ1n) is 9.48. The summed E-state index contributed by atoms with van der Waals surface area (Å²) in [5, 5.41) is 1.37. The predicted molar refractivity (Wildman–Crippen MR) is 114 cm³/mol. The van der Waals surface area contributed by atoms with Crippen molar-refractivity contribution in [3.8, 4) is 0 Å². The first-order chi connectivity index (χ1) is 13.1. The molecule has 27 heavy (non-hydrogen) atoms. The van der Waals surface area contributed by atoms with E-state index in [0.29, 0.717) is 25.4 Å². The third-order valence-corrected chi connectivity index (χ3v) is 7.19. The minimum atomic E-state index is -1.31. The molecule has 0 fully saturated rings. The lowest BCUT2D eigenvalue weighted by molar-refractivity contribution is -0.155. The minimum absolute atomic E-state index is 0.310. The molecule has 0 N–H and O–H groups in total. The van der Waals surface area contributed by atoms with Gasteiger partial charge in [-0.05, 0) is 43.2 Å². The molecule has 2 aromatic carbocycles. The molecule has 2 rings (SSSR count). The molecule has 0 aliphatic carbocycles. The van der Waals surface area contributed by atoms with E-state index in [0.717, 1.165) is 16.7 Å². The minimum Gasteiger partial charge on any atom is -0.466 e. The van der Waals surface area contributed by atoms with E-state index < -0.39 is 19.7 Å². The average Bonchev–Trinajstić information content (AvgIpc) is 2.69. The van der Waals surface area contributed by atoms with E-state index in [1.165, 1.54) is 5.39 Å². The standard InChI is InChI=1S/C21H29O4PS/c1-4-9-19(20(22)24-5-2)21(26-23,25-6-3)15-27-18-13-12-16-10-7-8-11-17(16)14-18/h7-8,10-14,19H,4-6,9,15,26H2,1-3H3. The monoisotopic (exact) mass is 408 g/mol. The van der Waals surface area contributed by atoms with Gasteiger partial charge in [0.05, 0.1) is 21.0 Å². The van der Waals surface area contributed by atoms with Gasteiger partial charge in [-0.1, -0.05) is 43.7 Å². The van der Waals surface area contributed by atoms with Crippen molar-refractivity contribution in [3.05, 3.63) is 42.5 Å². The highest BCUT2D eigenvalue weighted by Crippen LogP contribution is 2.41. The Morgan fingerprint density at radius 2 is 1.85 bits per heavy atom. The van der Waals surface area contributed by atoms with Crippen molar-refractivity contribution in [1.82, 2.24) is 0 Å². The molecule has 148 valence electrons. The van der Waals surface area contributed by atoms with E-state index in [9.17, 15) is 9.36 Å². The topological polar surface area (TPSA) is 52.6 Å². The Hall–Kier alpha value is -1.29. The van der Waals surface area contributed by atoms with Gasteiger partial charge in [0, 0.05) is 17.3 Å². The average molecular weight is 409 g/mol. The first-order valence-corrected chi connectivity index (χ1v) is 11.5. The van der Waals surface area contributed by atoms with Gasteiger partial charge < -0.3 is 14.0 Å². The largest absolute Gasteiger partial charge is 0.466 e. The predicted octanol–water partition coefficient (Wildman–Crippen LogP) is 5.40. The normalized spacial score (nSPS) is 15.1. The van der Waals surface area contributed by atoms with Crippen molar-refractivity contribution in [2.75, 3.05) is 19.0 Å². The number of benzene rings is 2. The maximum Gasteiger partial charge on any atom is 0.312 e. The third kappa shape index (κ3) is 5.60. The Morgan fingerprint density at radius 1 is 1.11 bits per heavy atom. The summed E-state index contributed by atoms with van der Waals surface area (Å²) in [6, 6.07) is 14.4. The molecule has 0 aromatic heterocycles. The maximum absolute atomic E-state index is 12.6. The first kappa shape index (κ1) is 22.0. The van der Waals surface area contributed by atoms with Crippen LogP contribution in [-0.4, -0.2) is 30.3 Å². The smallest absolute Gasteiger partial charge is 0.312 e. The molecule has 3 unspecified atom stereocenters. The van der Waals surface area contributed by atoms with Crippen LogP contribution in [0.1, 0.15) is 33.6 Å². The van der Waals surface area contributed by atoms with Gasteiger partial charge in [-0.25, -0.2) is 0 Å². The summed E-state index contributed by atoms with van der Waals surface area (Å²) >= 11 is 1.58. The third-order valence-electron chi connectivity index (χ3n) is 4.54. The zero-order valence-electron chi connectivity index (χ0n) is 16.3. The van der Waals surface area contributed by atoms with Crippen molar-refractivity contribution in [1.29, 1.82) is 0 Å². The van der Waals surface area contributed by atoms with E-state index >= 15 is 0 Å². The molecule has 0 aliphatic rings. The summed E-state index contributed by atoms with van der Waals surface area (Å²) in [6.45, 7) is 6.40. The number of ether oxygens (including phenoxy) is 2. The van der Waals surface area contributed by atoms with Crippen molar-refractivity contribution < 1.29 is 18.8 Å². The highest BCUT2D eigenvalue weighted by atomic mass is 32.2. The lowest BCUT2D eigenvalue weighted by Crippen LogP contribution is -2.43. The molecule has 6 heteroatoms. The second kappa shape index (κ2) is 10.9. The van der Waals surface area contributed by atoms with Gasteiger partial charge >= 0.3 is 5.97 Å². The maximum atomic E-state index is 12.6.